The largest absolute Gasteiger partial charge is 1.00 e. The molecule has 0 N–H and O–H groups in total. The van der Waals surface area contributed by atoms with E-state index in [1.807, 2.05) is 0 Å². The van der Waals surface area contributed by atoms with E-state index in [-0.39, 0.29) is 20.3 Å². The van der Waals surface area contributed by atoms with Gasteiger partial charge in [0, 0.05) is 0 Å². The maximum Gasteiger partial charge on any atom is 1.00 e. The predicted octanol–water partition coefficient (Wildman–Crippen LogP) is 0.181. The zero-order valence-corrected chi connectivity index (χ0v) is 15.1. The molecule has 0 spiro atoms. The molecule has 0 bridgehead atoms. The first-order valence-corrected chi connectivity index (χ1v) is 8.80. The third-order valence-corrected chi connectivity index (χ3v) is 5.20. The van der Waals surface area contributed by atoms with Crippen molar-refractivity contribution >= 4 is 28.0 Å². The van der Waals surface area contributed by atoms with Crippen LogP contribution in [-0.2, 0) is 0 Å². The van der Waals surface area contributed by atoms with E-state index in [1.54, 1.807) is 0 Å². The van der Waals surface area contributed by atoms with Crippen molar-refractivity contribution in [2.24, 2.45) is 0 Å². The van der Waals surface area contributed by atoms with Crippen LogP contribution in [0.4, 0.5) is 0 Å². The minimum absolute atomic E-state index is 0. The van der Waals surface area contributed by atoms with Crippen LogP contribution < -0.4 is 40.7 Å². The van der Waals surface area contributed by atoms with Crippen molar-refractivity contribution in [3.63, 3.8) is 0 Å². The molecule has 0 heterocycles. The maximum absolute atomic E-state index is 2.26. The van der Waals surface area contributed by atoms with Crippen LogP contribution in [0.25, 0.3) is 0 Å². The predicted molar refractivity (Wildman–Crippen MR) is 111 cm³/mol. The van der Waals surface area contributed by atoms with Crippen molar-refractivity contribution in [2.45, 2.75) is 0 Å². The van der Waals surface area contributed by atoms with Crippen LogP contribution in [0.5, 0.6) is 0 Å². The van der Waals surface area contributed by atoms with Crippen molar-refractivity contribution < 1.29 is 20.3 Å². The molecule has 0 atom stereocenters. The first kappa shape index (κ1) is 18.3. The van der Waals surface area contributed by atoms with Gasteiger partial charge in [0.25, 0.3) is 0 Å². The van der Waals surface area contributed by atoms with Gasteiger partial charge >= 0.3 is 18.9 Å². The number of benzene rings is 4. The molecule has 0 aromatic heterocycles. The van der Waals surface area contributed by atoms with Crippen LogP contribution in [0.15, 0.2) is 121 Å². The molecular formula is C24H21BLi-. The smallest absolute Gasteiger partial charge is 1.00 e. The summed E-state index contributed by atoms with van der Waals surface area (Å²) in [6.07, 6.45) is -1.22. The van der Waals surface area contributed by atoms with Gasteiger partial charge in [-0.2, -0.15) is 21.9 Å². The topological polar surface area (TPSA) is 0 Å². The van der Waals surface area contributed by atoms with E-state index in [0.717, 1.165) is 0 Å². The molecule has 4 aromatic rings. The molecule has 122 valence electrons. The summed E-state index contributed by atoms with van der Waals surface area (Å²) in [5.74, 6) is 0. The minimum Gasteiger partial charge on any atom is -1.00 e. The fourth-order valence-corrected chi connectivity index (χ4v) is 4.12. The van der Waals surface area contributed by atoms with Crippen LogP contribution in [0.1, 0.15) is 1.43 Å². The Bertz CT molecular complexity index is 765. The van der Waals surface area contributed by atoms with E-state index in [2.05, 4.69) is 121 Å². The molecule has 0 aliphatic carbocycles. The summed E-state index contributed by atoms with van der Waals surface area (Å²) in [5.41, 5.74) is 5.36. The second-order valence-corrected chi connectivity index (χ2v) is 6.51. The number of hydrogen-bond acceptors (Lipinski definition) is 0. The van der Waals surface area contributed by atoms with Gasteiger partial charge in [-0.25, -0.2) is 0 Å². The van der Waals surface area contributed by atoms with Crippen LogP contribution in [-0.4, -0.2) is 6.15 Å². The molecule has 26 heavy (non-hydrogen) atoms. The Hall–Kier alpha value is -2.46. The average Bonchev–Trinajstić information content (AvgIpc) is 2.72. The Morgan fingerprint density at radius 2 is 0.538 bits per heavy atom. The van der Waals surface area contributed by atoms with Crippen LogP contribution in [0.3, 0.4) is 0 Å². The Kier molecular flexibility index (Phi) is 5.84. The van der Waals surface area contributed by atoms with Crippen molar-refractivity contribution in [1.29, 1.82) is 0 Å². The molecule has 4 rings (SSSR count). The van der Waals surface area contributed by atoms with E-state index < -0.39 is 6.15 Å². The molecule has 0 fully saturated rings. The average molecular weight is 327 g/mol. The molecule has 0 aliphatic rings. The minimum atomic E-state index is -1.22. The summed E-state index contributed by atoms with van der Waals surface area (Å²) in [4.78, 5) is 0. The molecule has 0 nitrogen and oxygen atoms in total. The molecule has 2 heteroatoms. The summed E-state index contributed by atoms with van der Waals surface area (Å²) in [5, 5.41) is 0. The van der Waals surface area contributed by atoms with Gasteiger partial charge in [0.15, 0.2) is 0 Å². The van der Waals surface area contributed by atoms with Gasteiger partial charge in [-0.05, 0) is 0 Å². The van der Waals surface area contributed by atoms with Crippen LogP contribution in [0, 0.1) is 0 Å². The van der Waals surface area contributed by atoms with E-state index in [1.165, 1.54) is 21.9 Å². The monoisotopic (exact) mass is 327 g/mol. The van der Waals surface area contributed by atoms with Crippen molar-refractivity contribution in [2.75, 3.05) is 0 Å². The van der Waals surface area contributed by atoms with Gasteiger partial charge in [0.05, 0.1) is 0 Å². The van der Waals surface area contributed by atoms with Crippen LogP contribution in [0.2, 0.25) is 0 Å². The zero-order valence-electron chi connectivity index (χ0n) is 16.1. The molecule has 0 amide bonds. The van der Waals surface area contributed by atoms with Gasteiger partial charge in [-0.1, -0.05) is 121 Å². The zero-order chi connectivity index (χ0) is 17.0. The molecule has 0 saturated carbocycles. The van der Waals surface area contributed by atoms with E-state index in [0.29, 0.717) is 0 Å². The molecule has 0 aliphatic heterocycles. The third-order valence-electron chi connectivity index (χ3n) is 5.20. The molecule has 0 radical (unpaired) electrons. The van der Waals surface area contributed by atoms with Crippen LogP contribution >= 0.6 is 0 Å². The van der Waals surface area contributed by atoms with Crippen molar-refractivity contribution in [3.8, 4) is 0 Å². The second-order valence-electron chi connectivity index (χ2n) is 6.51. The van der Waals surface area contributed by atoms with E-state index >= 15 is 0 Å². The Morgan fingerprint density at radius 1 is 0.346 bits per heavy atom. The summed E-state index contributed by atoms with van der Waals surface area (Å²) in [6.45, 7) is 0. The number of rotatable bonds is 4. The summed E-state index contributed by atoms with van der Waals surface area (Å²) < 4.78 is 0. The second kappa shape index (κ2) is 8.28. The molecular weight excluding hydrogens is 306 g/mol. The van der Waals surface area contributed by atoms with Crippen molar-refractivity contribution in [1.82, 2.24) is 0 Å². The first-order chi connectivity index (χ1) is 12.4. The van der Waals surface area contributed by atoms with E-state index in [9.17, 15) is 0 Å². The van der Waals surface area contributed by atoms with Crippen molar-refractivity contribution in [3.05, 3.63) is 121 Å². The Labute approximate surface area is 169 Å². The molecule has 0 saturated heterocycles. The first-order valence-electron chi connectivity index (χ1n) is 8.80. The maximum atomic E-state index is 2.26. The van der Waals surface area contributed by atoms with Gasteiger partial charge in [-0.3, -0.25) is 0 Å². The standard InChI is InChI=1S/C24H20B.Li.H/c1-5-13-21(14-6-1)25(22-15-7-2-8-16-22,23-17-9-3-10-18-23)24-19-11-4-12-20-24;;/h1-20H;;/q-1;+1;-1. The molecule has 0 unspecified atom stereocenters. The quantitative estimate of drug-likeness (QED) is 0.469. The third kappa shape index (κ3) is 3.17. The Balaban J connectivity index is 0.00000131. The van der Waals surface area contributed by atoms with Gasteiger partial charge < -0.3 is 1.43 Å². The van der Waals surface area contributed by atoms with Gasteiger partial charge in [0.2, 0.25) is 0 Å². The summed E-state index contributed by atoms with van der Waals surface area (Å²) in [7, 11) is 0. The summed E-state index contributed by atoms with van der Waals surface area (Å²) in [6, 6.07) is 43.5. The summed E-state index contributed by atoms with van der Waals surface area (Å²) >= 11 is 0. The normalized spacial score (nSPS) is 10.8. The molecule has 4 aromatic carbocycles. The van der Waals surface area contributed by atoms with Gasteiger partial charge in [0.1, 0.15) is 6.15 Å². The number of hydrogen-bond donors (Lipinski definition) is 0. The fraction of sp³-hybridized carbons (Fsp3) is 0. The Morgan fingerprint density at radius 3 is 0.731 bits per heavy atom. The fourth-order valence-electron chi connectivity index (χ4n) is 4.12. The van der Waals surface area contributed by atoms with E-state index in [4.69, 9.17) is 0 Å². The SMILES string of the molecule is [H-].[Li+].c1ccc([B-](c2ccccc2)(c2ccccc2)c2ccccc2)cc1. The van der Waals surface area contributed by atoms with Gasteiger partial charge in [-0.15, -0.1) is 0 Å².